The first kappa shape index (κ1) is 12.2. The third kappa shape index (κ3) is 3.54. The van der Waals surface area contributed by atoms with E-state index in [0.29, 0.717) is 6.61 Å². The third-order valence-corrected chi connectivity index (χ3v) is 3.13. The Morgan fingerprint density at radius 2 is 2.26 bits per heavy atom. The maximum Gasteiger partial charge on any atom is 0.157 e. The van der Waals surface area contributed by atoms with Crippen LogP contribution in [0.1, 0.15) is 24.1 Å². The van der Waals surface area contributed by atoms with Gasteiger partial charge in [0.25, 0.3) is 0 Å². The first-order valence-corrected chi connectivity index (χ1v) is 6.58. The van der Waals surface area contributed by atoms with Gasteiger partial charge in [-0.1, -0.05) is 6.07 Å². The molecule has 1 fully saturated rings. The van der Waals surface area contributed by atoms with E-state index >= 15 is 0 Å². The van der Waals surface area contributed by atoms with Gasteiger partial charge in [0.15, 0.2) is 5.75 Å². The predicted molar refractivity (Wildman–Crippen MR) is 71.6 cm³/mol. The molecule has 3 rings (SSSR count). The molecule has 2 aromatic rings. The Balaban J connectivity index is 1.50. The minimum absolute atomic E-state index is 0.474. The Morgan fingerprint density at radius 3 is 2.89 bits per heavy atom. The van der Waals surface area contributed by atoms with Crippen molar-refractivity contribution in [3.63, 3.8) is 0 Å². The fourth-order valence-electron chi connectivity index (χ4n) is 1.83. The van der Waals surface area contributed by atoms with Gasteiger partial charge in [0.05, 0.1) is 18.1 Å². The highest BCUT2D eigenvalue weighted by atomic mass is 16.5. The van der Waals surface area contributed by atoms with E-state index in [1.165, 1.54) is 18.4 Å². The van der Waals surface area contributed by atoms with Gasteiger partial charge in [-0.05, 0) is 24.5 Å². The highest BCUT2D eigenvalue weighted by Gasteiger charge is 2.19. The summed E-state index contributed by atoms with van der Waals surface area (Å²) in [5.74, 6) is 0.767. The zero-order valence-electron chi connectivity index (χ0n) is 11.0. The second-order valence-electron chi connectivity index (χ2n) is 4.95. The van der Waals surface area contributed by atoms with Crippen molar-refractivity contribution in [1.29, 1.82) is 0 Å². The van der Waals surface area contributed by atoms with E-state index in [2.05, 4.69) is 21.5 Å². The van der Waals surface area contributed by atoms with E-state index in [9.17, 15) is 0 Å². The molecular weight excluding hydrogens is 240 g/mol. The molecule has 0 radical (unpaired) electrons. The monoisotopic (exact) mass is 258 g/mol. The van der Waals surface area contributed by atoms with E-state index in [1.54, 1.807) is 10.9 Å². The fourth-order valence-corrected chi connectivity index (χ4v) is 1.83. The molecule has 100 valence electrons. The molecule has 2 aromatic heterocycles. The van der Waals surface area contributed by atoms with E-state index in [-0.39, 0.29) is 0 Å². The van der Waals surface area contributed by atoms with Crippen LogP contribution < -0.4 is 10.1 Å². The molecule has 1 saturated carbocycles. The molecule has 19 heavy (non-hydrogen) atoms. The van der Waals surface area contributed by atoms with Crippen LogP contribution >= 0.6 is 0 Å². The number of ether oxygens (including phenoxy) is 1. The number of nitrogens with one attached hydrogen (secondary N) is 1. The lowest BCUT2D eigenvalue weighted by Gasteiger charge is -2.05. The molecular formula is C14H18N4O. The van der Waals surface area contributed by atoms with Crippen LogP contribution in [-0.4, -0.2) is 20.8 Å². The second-order valence-corrected chi connectivity index (χ2v) is 4.95. The molecule has 0 atom stereocenters. The summed E-state index contributed by atoms with van der Waals surface area (Å²) < 4.78 is 7.32. The summed E-state index contributed by atoms with van der Waals surface area (Å²) in [6.07, 6.45) is 8.08. The summed E-state index contributed by atoms with van der Waals surface area (Å²) in [6.45, 7) is 1.38. The van der Waals surface area contributed by atoms with Gasteiger partial charge in [0.2, 0.25) is 0 Å². The van der Waals surface area contributed by atoms with Crippen molar-refractivity contribution in [1.82, 2.24) is 20.1 Å². The molecule has 0 spiro atoms. The fraction of sp³-hybridized carbons (Fsp3) is 0.429. The van der Waals surface area contributed by atoms with E-state index in [1.807, 2.05) is 25.5 Å². The predicted octanol–water partition coefficient (Wildman–Crippen LogP) is 1.65. The lowest BCUT2D eigenvalue weighted by atomic mass is 10.2. The van der Waals surface area contributed by atoms with Crippen LogP contribution in [0, 0.1) is 0 Å². The van der Waals surface area contributed by atoms with Gasteiger partial charge in [-0.25, -0.2) is 0 Å². The van der Waals surface area contributed by atoms with Gasteiger partial charge in [-0.15, -0.1) is 0 Å². The summed E-state index contributed by atoms with van der Waals surface area (Å²) in [5.41, 5.74) is 2.15. The number of nitrogens with zero attached hydrogens (tertiary/aromatic N) is 3. The van der Waals surface area contributed by atoms with Crippen LogP contribution in [0.2, 0.25) is 0 Å². The molecule has 5 nitrogen and oxygen atoms in total. The average molecular weight is 258 g/mol. The van der Waals surface area contributed by atoms with E-state index < -0.39 is 0 Å². The molecule has 1 N–H and O–H groups in total. The van der Waals surface area contributed by atoms with Crippen LogP contribution in [0.5, 0.6) is 5.75 Å². The summed E-state index contributed by atoms with van der Waals surface area (Å²) in [4.78, 5) is 4.41. The lowest BCUT2D eigenvalue weighted by molar-refractivity contribution is 0.301. The topological polar surface area (TPSA) is 52.0 Å². The van der Waals surface area contributed by atoms with Crippen LogP contribution in [0.3, 0.4) is 0 Å². The molecule has 0 saturated heterocycles. The summed E-state index contributed by atoms with van der Waals surface area (Å²) in [7, 11) is 1.87. The highest BCUT2D eigenvalue weighted by Crippen LogP contribution is 2.19. The zero-order valence-corrected chi connectivity index (χ0v) is 11.0. The van der Waals surface area contributed by atoms with Gasteiger partial charge in [-0.3, -0.25) is 9.67 Å². The van der Waals surface area contributed by atoms with Crippen molar-refractivity contribution < 1.29 is 4.74 Å². The first-order valence-electron chi connectivity index (χ1n) is 6.58. The molecule has 0 amide bonds. The number of aromatic nitrogens is 3. The second kappa shape index (κ2) is 5.40. The number of hydrogen-bond acceptors (Lipinski definition) is 4. The minimum atomic E-state index is 0.474. The molecule has 0 aliphatic heterocycles. The van der Waals surface area contributed by atoms with Gasteiger partial charge in [0, 0.05) is 25.8 Å². The molecule has 0 aromatic carbocycles. The summed E-state index contributed by atoms with van der Waals surface area (Å²) in [6, 6.07) is 4.85. The van der Waals surface area contributed by atoms with Crippen molar-refractivity contribution in [3.8, 4) is 5.75 Å². The largest absolute Gasteiger partial charge is 0.484 e. The van der Waals surface area contributed by atoms with E-state index in [4.69, 9.17) is 4.74 Å². The lowest BCUT2D eigenvalue weighted by Crippen LogP contribution is -2.15. The normalized spacial score (nSPS) is 14.6. The standard InChI is InChI=1S/C14H18N4O/c1-18-9-14(8-17-18)19-10-13-3-2-11(7-16-13)6-15-12-4-5-12/h2-3,7-9,12,15H,4-6,10H2,1H3. The number of pyridine rings is 1. The van der Waals surface area contributed by atoms with Gasteiger partial charge < -0.3 is 10.1 Å². The molecule has 1 aliphatic rings. The van der Waals surface area contributed by atoms with Crippen molar-refractivity contribution >= 4 is 0 Å². The third-order valence-electron chi connectivity index (χ3n) is 3.13. The molecule has 1 aliphatic carbocycles. The smallest absolute Gasteiger partial charge is 0.157 e. The quantitative estimate of drug-likeness (QED) is 0.856. The average Bonchev–Trinajstić information content (AvgIpc) is 3.17. The number of aryl methyl sites for hydroxylation is 1. The van der Waals surface area contributed by atoms with Crippen LogP contribution in [0.4, 0.5) is 0 Å². The first-order chi connectivity index (χ1) is 9.29. The maximum absolute atomic E-state index is 5.60. The SMILES string of the molecule is Cn1cc(OCc2ccc(CNC3CC3)cn2)cn1. The summed E-state index contributed by atoms with van der Waals surface area (Å²) in [5, 5.41) is 7.52. The Morgan fingerprint density at radius 1 is 1.37 bits per heavy atom. The molecule has 2 heterocycles. The molecule has 0 unspecified atom stereocenters. The molecule has 5 heteroatoms. The Hall–Kier alpha value is -1.88. The van der Waals surface area contributed by atoms with Crippen molar-refractivity contribution in [2.24, 2.45) is 7.05 Å². The van der Waals surface area contributed by atoms with Gasteiger partial charge >= 0.3 is 0 Å². The summed E-state index contributed by atoms with van der Waals surface area (Å²) >= 11 is 0. The number of hydrogen-bond donors (Lipinski definition) is 1. The number of rotatable bonds is 6. The molecule has 0 bridgehead atoms. The van der Waals surface area contributed by atoms with Gasteiger partial charge in [-0.2, -0.15) is 5.10 Å². The van der Waals surface area contributed by atoms with E-state index in [0.717, 1.165) is 24.0 Å². The van der Waals surface area contributed by atoms with Crippen LogP contribution in [-0.2, 0) is 20.2 Å². The Labute approximate surface area is 112 Å². The van der Waals surface area contributed by atoms with Crippen molar-refractivity contribution in [2.45, 2.75) is 32.0 Å². The van der Waals surface area contributed by atoms with Crippen LogP contribution in [0.25, 0.3) is 0 Å². The minimum Gasteiger partial charge on any atom is -0.484 e. The Bertz CT molecular complexity index is 531. The zero-order chi connectivity index (χ0) is 13.1. The Kier molecular flexibility index (Phi) is 3.46. The van der Waals surface area contributed by atoms with Crippen molar-refractivity contribution in [3.05, 3.63) is 42.0 Å². The highest BCUT2D eigenvalue weighted by molar-refractivity contribution is 5.16. The van der Waals surface area contributed by atoms with Crippen LogP contribution in [0.15, 0.2) is 30.7 Å². The maximum atomic E-state index is 5.60. The van der Waals surface area contributed by atoms with Gasteiger partial charge in [0.1, 0.15) is 6.61 Å². The van der Waals surface area contributed by atoms with Crippen molar-refractivity contribution in [2.75, 3.05) is 0 Å².